The quantitative estimate of drug-likeness (QED) is 0.404. The molecule has 0 aliphatic carbocycles. The van der Waals surface area contributed by atoms with Gasteiger partial charge in [-0.15, -0.1) is 0 Å². The molecule has 2 aromatic rings. The van der Waals surface area contributed by atoms with Gasteiger partial charge in [-0.2, -0.15) is 5.26 Å². The summed E-state index contributed by atoms with van der Waals surface area (Å²) in [6.45, 7) is 16.5. The van der Waals surface area contributed by atoms with Crippen molar-refractivity contribution in [2.24, 2.45) is 0 Å². The second-order valence-corrected chi connectivity index (χ2v) is 8.94. The van der Waals surface area contributed by atoms with E-state index < -0.39 is 0 Å². The summed E-state index contributed by atoms with van der Waals surface area (Å²) in [5.41, 5.74) is 3.12. The summed E-state index contributed by atoms with van der Waals surface area (Å²) >= 11 is 6.09. The van der Waals surface area contributed by atoms with Gasteiger partial charge in [-0.05, 0) is 31.0 Å². The first kappa shape index (κ1) is 32.1. The number of halogens is 1. The van der Waals surface area contributed by atoms with Crippen LogP contribution in [0.4, 0.5) is 17.2 Å². The Labute approximate surface area is 228 Å². The number of hydrogen-bond acceptors (Lipinski definition) is 7. The molecule has 0 radical (unpaired) electrons. The molecular formula is C28H43ClN6O2. The zero-order valence-corrected chi connectivity index (χ0v) is 24.6. The molecule has 8 nitrogen and oxygen atoms in total. The summed E-state index contributed by atoms with van der Waals surface area (Å²) in [5, 5.41) is 10.4. The molecule has 1 aliphatic heterocycles. The van der Waals surface area contributed by atoms with E-state index in [1.165, 1.54) is 0 Å². The highest BCUT2D eigenvalue weighted by molar-refractivity contribution is 6.29. The molecule has 0 aromatic carbocycles. The molecule has 37 heavy (non-hydrogen) atoms. The summed E-state index contributed by atoms with van der Waals surface area (Å²) in [5.74, 6) is 0.899. The van der Waals surface area contributed by atoms with E-state index in [0.29, 0.717) is 49.2 Å². The predicted molar refractivity (Wildman–Crippen MR) is 153 cm³/mol. The smallest absolute Gasteiger partial charge is 0.225 e. The number of ether oxygens (including phenoxy) is 1. The van der Waals surface area contributed by atoms with Crippen molar-refractivity contribution in [3.8, 4) is 6.07 Å². The number of nitriles is 1. The molecule has 1 amide bonds. The van der Waals surface area contributed by atoms with Gasteiger partial charge < -0.3 is 19.4 Å². The lowest BCUT2D eigenvalue weighted by molar-refractivity contribution is -0.134. The van der Waals surface area contributed by atoms with Gasteiger partial charge in [-0.25, -0.2) is 9.97 Å². The van der Waals surface area contributed by atoms with Crippen LogP contribution in [0.2, 0.25) is 5.15 Å². The first-order valence-corrected chi connectivity index (χ1v) is 13.5. The molecule has 1 aliphatic rings. The Morgan fingerprint density at radius 1 is 1.27 bits per heavy atom. The Kier molecular flexibility index (Phi) is 13.9. The molecule has 3 heterocycles. The van der Waals surface area contributed by atoms with Gasteiger partial charge in [0.25, 0.3) is 0 Å². The third-order valence-electron chi connectivity index (χ3n) is 5.90. The summed E-state index contributed by atoms with van der Waals surface area (Å²) in [7, 11) is 3.53. The minimum absolute atomic E-state index is 0.0141. The Morgan fingerprint density at radius 2 is 1.95 bits per heavy atom. The molecule has 1 fully saturated rings. The maximum atomic E-state index is 12.5. The number of nitrogens with zero attached hydrogens (tertiary/aromatic N) is 6. The zero-order valence-electron chi connectivity index (χ0n) is 23.9. The van der Waals surface area contributed by atoms with Crippen molar-refractivity contribution in [2.45, 2.75) is 66.8 Å². The van der Waals surface area contributed by atoms with E-state index in [1.54, 1.807) is 19.4 Å². The van der Waals surface area contributed by atoms with Crippen molar-refractivity contribution >= 4 is 34.7 Å². The highest BCUT2D eigenvalue weighted by atomic mass is 35.5. The largest absolute Gasteiger partial charge is 0.384 e. The van der Waals surface area contributed by atoms with E-state index >= 15 is 0 Å². The van der Waals surface area contributed by atoms with Gasteiger partial charge in [-0.1, -0.05) is 53.1 Å². The fourth-order valence-electron chi connectivity index (χ4n) is 4.12. The van der Waals surface area contributed by atoms with Gasteiger partial charge >= 0.3 is 0 Å². The number of anilines is 3. The Balaban J connectivity index is 0.00000163. The Bertz CT molecular complexity index is 1040. The van der Waals surface area contributed by atoms with Crippen LogP contribution < -0.4 is 9.80 Å². The molecule has 2 aromatic heterocycles. The van der Waals surface area contributed by atoms with Crippen LogP contribution in [-0.4, -0.2) is 67.2 Å². The number of carbonyl (C=O) groups is 1. The number of pyridine rings is 2. The lowest BCUT2D eigenvalue weighted by Gasteiger charge is -2.41. The van der Waals surface area contributed by atoms with Crippen LogP contribution in [0.15, 0.2) is 24.4 Å². The molecule has 0 bridgehead atoms. The number of hydrogen-bond donors (Lipinski definition) is 0. The van der Waals surface area contributed by atoms with E-state index in [1.807, 2.05) is 63.6 Å². The van der Waals surface area contributed by atoms with Crippen molar-refractivity contribution in [2.75, 3.05) is 50.2 Å². The van der Waals surface area contributed by atoms with Gasteiger partial charge in [0.1, 0.15) is 17.0 Å². The fourth-order valence-corrected chi connectivity index (χ4v) is 4.29. The summed E-state index contributed by atoms with van der Waals surface area (Å²) in [6, 6.07) is 7.89. The molecule has 1 saturated heterocycles. The summed E-state index contributed by atoms with van der Waals surface area (Å²) < 4.78 is 5.05. The van der Waals surface area contributed by atoms with Gasteiger partial charge in [0, 0.05) is 51.7 Å². The molecule has 0 saturated carbocycles. The summed E-state index contributed by atoms with van der Waals surface area (Å²) in [4.78, 5) is 27.5. The lowest BCUT2D eigenvalue weighted by atomic mass is 10.0. The molecule has 9 heteroatoms. The van der Waals surface area contributed by atoms with E-state index in [-0.39, 0.29) is 17.9 Å². The second kappa shape index (κ2) is 16.1. The Morgan fingerprint density at radius 3 is 2.49 bits per heavy atom. The van der Waals surface area contributed by atoms with Crippen LogP contribution >= 0.6 is 11.6 Å². The number of methoxy groups -OCH3 is 1. The first-order chi connectivity index (χ1) is 17.8. The number of rotatable bonds is 7. The molecule has 1 unspecified atom stereocenters. The van der Waals surface area contributed by atoms with Gasteiger partial charge in [-0.3, -0.25) is 4.79 Å². The molecular weight excluding hydrogens is 488 g/mol. The van der Waals surface area contributed by atoms with Crippen LogP contribution in [0.3, 0.4) is 0 Å². The SMILES string of the molecule is CC.CC.COCCC(=O)N1CCN(c2nc(C(C)C)c(N(C)c3ccnc(Cl)c3)cc2C#N)CC1C. The van der Waals surface area contributed by atoms with Crippen LogP contribution in [0.1, 0.15) is 72.1 Å². The number of carbonyl (C=O) groups excluding carboxylic acids is 1. The third kappa shape index (κ3) is 8.31. The van der Waals surface area contributed by atoms with Gasteiger partial charge in [0.2, 0.25) is 5.91 Å². The average molecular weight is 531 g/mol. The molecule has 1 atom stereocenters. The van der Waals surface area contributed by atoms with E-state index in [4.69, 9.17) is 21.3 Å². The van der Waals surface area contributed by atoms with Crippen LogP contribution in [0.5, 0.6) is 0 Å². The maximum absolute atomic E-state index is 12.5. The van der Waals surface area contributed by atoms with Crippen molar-refractivity contribution in [3.63, 3.8) is 0 Å². The number of amides is 1. The topological polar surface area (TPSA) is 85.6 Å². The van der Waals surface area contributed by atoms with Crippen molar-refractivity contribution in [1.29, 1.82) is 5.26 Å². The molecule has 204 valence electrons. The number of aromatic nitrogens is 2. The predicted octanol–water partition coefficient (Wildman–Crippen LogP) is 6.02. The zero-order chi connectivity index (χ0) is 28.1. The minimum atomic E-state index is 0.0141. The van der Waals surface area contributed by atoms with Gasteiger partial charge in [0.05, 0.1) is 30.0 Å². The summed E-state index contributed by atoms with van der Waals surface area (Å²) in [6.07, 6.45) is 2.03. The van der Waals surface area contributed by atoms with Crippen molar-refractivity contribution < 1.29 is 9.53 Å². The molecule has 0 N–H and O–H groups in total. The molecule has 0 spiro atoms. The van der Waals surface area contributed by atoms with E-state index in [0.717, 1.165) is 17.1 Å². The van der Waals surface area contributed by atoms with Crippen LogP contribution in [0, 0.1) is 11.3 Å². The normalized spacial score (nSPS) is 14.7. The highest BCUT2D eigenvalue weighted by Gasteiger charge is 2.30. The van der Waals surface area contributed by atoms with Gasteiger partial charge in [0.15, 0.2) is 0 Å². The fraction of sp³-hybridized carbons (Fsp3) is 0.571. The second-order valence-electron chi connectivity index (χ2n) is 8.55. The highest BCUT2D eigenvalue weighted by Crippen LogP contribution is 2.35. The molecule has 3 rings (SSSR count). The van der Waals surface area contributed by atoms with E-state index in [2.05, 4.69) is 29.8 Å². The standard InChI is InChI=1S/C24H31ClN6O2.2C2H6/c1-16(2)23-20(29(4)19-6-8-27-21(25)13-19)12-18(14-26)24(28-23)30-9-10-31(17(3)15-30)22(32)7-11-33-5;2*1-2/h6,8,12-13,16-17H,7,9-11,15H2,1-5H3;2*1-2H3. The number of piperazine rings is 1. The Hall–Kier alpha value is -2.89. The van der Waals surface area contributed by atoms with Crippen LogP contribution in [0.25, 0.3) is 0 Å². The van der Waals surface area contributed by atoms with Crippen molar-refractivity contribution in [3.05, 3.63) is 40.8 Å². The minimum Gasteiger partial charge on any atom is -0.384 e. The first-order valence-electron chi connectivity index (χ1n) is 13.1. The lowest BCUT2D eigenvalue weighted by Crippen LogP contribution is -2.54. The van der Waals surface area contributed by atoms with Crippen molar-refractivity contribution in [1.82, 2.24) is 14.9 Å². The van der Waals surface area contributed by atoms with Crippen LogP contribution in [-0.2, 0) is 9.53 Å². The van der Waals surface area contributed by atoms with E-state index in [9.17, 15) is 10.1 Å². The third-order valence-corrected chi connectivity index (χ3v) is 6.11. The monoisotopic (exact) mass is 530 g/mol. The average Bonchev–Trinajstić information content (AvgIpc) is 2.92. The maximum Gasteiger partial charge on any atom is 0.225 e.